The van der Waals surface area contributed by atoms with Gasteiger partial charge in [0, 0.05) is 20.0 Å². The number of rotatable bonds is 7. The monoisotopic (exact) mass is 340 g/mol. The zero-order valence-corrected chi connectivity index (χ0v) is 15.2. The fraction of sp³-hybridized carbons (Fsp3) is 0.947. The van der Waals surface area contributed by atoms with Crippen molar-refractivity contribution in [3.8, 4) is 0 Å². The molecule has 2 aliphatic carbocycles. The number of methoxy groups -OCH3 is 1. The quantitative estimate of drug-likeness (QED) is 0.404. The van der Waals surface area contributed by atoms with E-state index >= 15 is 0 Å². The molecule has 24 heavy (non-hydrogen) atoms. The van der Waals surface area contributed by atoms with Crippen LogP contribution in [0.1, 0.15) is 58.3 Å². The molecule has 0 aromatic heterocycles. The molecule has 2 saturated carbocycles. The van der Waals surface area contributed by atoms with Gasteiger partial charge in [-0.1, -0.05) is 13.3 Å². The molecule has 3 atom stereocenters. The van der Waals surface area contributed by atoms with Crippen LogP contribution in [-0.2, 0) is 23.7 Å². The third-order valence-corrected chi connectivity index (χ3v) is 6.78. The highest BCUT2D eigenvalue weighted by Crippen LogP contribution is 2.64. The van der Waals surface area contributed by atoms with Gasteiger partial charge >= 0.3 is 0 Å². The van der Waals surface area contributed by atoms with Gasteiger partial charge in [-0.05, 0) is 43.4 Å². The zero-order valence-electron chi connectivity index (χ0n) is 15.2. The Hall–Kier alpha value is -0.490. The van der Waals surface area contributed by atoms with E-state index in [1.165, 1.54) is 12.8 Å². The van der Waals surface area contributed by atoms with Crippen LogP contribution < -0.4 is 0 Å². The van der Waals surface area contributed by atoms with E-state index in [-0.39, 0.29) is 10.8 Å². The first-order valence-electron chi connectivity index (χ1n) is 9.41. The fourth-order valence-corrected chi connectivity index (χ4v) is 5.86. The summed E-state index contributed by atoms with van der Waals surface area (Å²) in [4.78, 5) is 11.0. The van der Waals surface area contributed by atoms with Crippen molar-refractivity contribution in [3.63, 3.8) is 0 Å². The van der Waals surface area contributed by atoms with Gasteiger partial charge in [-0.25, -0.2) is 0 Å². The Labute approximate surface area is 145 Å². The molecule has 3 fully saturated rings. The second-order valence-electron chi connectivity index (χ2n) is 8.02. The highest BCUT2D eigenvalue weighted by atomic mass is 16.7. The van der Waals surface area contributed by atoms with Crippen molar-refractivity contribution in [1.29, 1.82) is 0 Å². The van der Waals surface area contributed by atoms with Gasteiger partial charge in [0.05, 0.1) is 25.2 Å². The van der Waals surface area contributed by atoms with Gasteiger partial charge in [0.15, 0.2) is 5.79 Å². The van der Waals surface area contributed by atoms with Crippen molar-refractivity contribution in [2.45, 2.75) is 64.1 Å². The molecule has 1 heterocycles. The van der Waals surface area contributed by atoms with E-state index in [2.05, 4.69) is 6.92 Å². The molecule has 0 radical (unpaired) electrons. The first-order valence-corrected chi connectivity index (χ1v) is 9.41. The number of hydrogen-bond acceptors (Lipinski definition) is 5. The summed E-state index contributed by atoms with van der Waals surface area (Å²) < 4.78 is 23.6. The number of carbonyl (C=O) groups excluding carboxylic acids is 1. The van der Waals surface area contributed by atoms with Crippen LogP contribution in [0.2, 0.25) is 0 Å². The molecule has 1 saturated heterocycles. The molecule has 0 aromatic rings. The molecule has 5 nitrogen and oxygen atoms in total. The van der Waals surface area contributed by atoms with E-state index in [4.69, 9.17) is 18.9 Å². The SMILES string of the molecule is COCOC[C@]12CCC[C@@](C)(CCC=O)[C@@H]1CCCC21OCCO1. The highest BCUT2D eigenvalue weighted by molar-refractivity contribution is 5.49. The Kier molecular flexibility index (Phi) is 5.65. The van der Waals surface area contributed by atoms with Gasteiger partial charge in [-0.15, -0.1) is 0 Å². The predicted octanol–water partition coefficient (Wildman–Crippen LogP) is 3.31. The second kappa shape index (κ2) is 7.40. The standard InChI is InChI=1S/C19H32O5/c1-17(8-5-11-20)7-4-9-18(14-22-15-21-2)16(17)6-3-10-19(18)23-12-13-24-19/h11,16H,3-10,12-15H2,1-2H3/t16-,17-,18+/m0/s1. The summed E-state index contributed by atoms with van der Waals surface area (Å²) >= 11 is 0. The van der Waals surface area contributed by atoms with Crippen molar-refractivity contribution in [3.05, 3.63) is 0 Å². The maximum Gasteiger partial charge on any atom is 0.176 e. The van der Waals surface area contributed by atoms with Crippen LogP contribution in [0.25, 0.3) is 0 Å². The van der Waals surface area contributed by atoms with Crippen molar-refractivity contribution < 1.29 is 23.7 Å². The molecule has 1 aliphatic heterocycles. The van der Waals surface area contributed by atoms with E-state index in [0.717, 1.165) is 38.4 Å². The summed E-state index contributed by atoms with van der Waals surface area (Å²) in [5, 5.41) is 0. The molecular formula is C19H32O5. The first kappa shape index (κ1) is 18.3. The van der Waals surface area contributed by atoms with E-state index in [0.29, 0.717) is 39.0 Å². The van der Waals surface area contributed by atoms with E-state index in [9.17, 15) is 4.79 Å². The second-order valence-corrected chi connectivity index (χ2v) is 8.02. The summed E-state index contributed by atoms with van der Waals surface area (Å²) in [5.74, 6) is -0.0469. The molecule has 3 aliphatic rings. The average molecular weight is 340 g/mol. The molecule has 5 heteroatoms. The molecule has 0 unspecified atom stereocenters. The van der Waals surface area contributed by atoms with Crippen LogP contribution in [0.5, 0.6) is 0 Å². The van der Waals surface area contributed by atoms with Gasteiger partial charge in [0.2, 0.25) is 0 Å². The third-order valence-electron chi connectivity index (χ3n) is 6.78. The van der Waals surface area contributed by atoms with Crippen molar-refractivity contribution in [2.75, 3.05) is 33.7 Å². The van der Waals surface area contributed by atoms with E-state index in [1.54, 1.807) is 7.11 Å². The highest BCUT2D eigenvalue weighted by Gasteiger charge is 2.65. The lowest BCUT2D eigenvalue weighted by Gasteiger charge is -2.62. The molecule has 0 amide bonds. The molecule has 0 bridgehead atoms. The summed E-state index contributed by atoms with van der Waals surface area (Å²) in [7, 11) is 1.66. The summed E-state index contributed by atoms with van der Waals surface area (Å²) in [6.45, 7) is 4.62. The third kappa shape index (κ3) is 2.94. The minimum Gasteiger partial charge on any atom is -0.359 e. The summed E-state index contributed by atoms with van der Waals surface area (Å²) in [5.41, 5.74) is 0.0223. The van der Waals surface area contributed by atoms with Crippen LogP contribution in [0.15, 0.2) is 0 Å². The normalized spacial score (nSPS) is 38.2. The number of hydrogen-bond donors (Lipinski definition) is 0. The van der Waals surface area contributed by atoms with Crippen molar-refractivity contribution >= 4 is 6.29 Å². The van der Waals surface area contributed by atoms with Gasteiger partial charge in [0.1, 0.15) is 13.1 Å². The lowest BCUT2D eigenvalue weighted by molar-refractivity contribution is -0.314. The van der Waals surface area contributed by atoms with Gasteiger partial charge in [0.25, 0.3) is 0 Å². The largest absolute Gasteiger partial charge is 0.359 e. The van der Waals surface area contributed by atoms with Crippen molar-refractivity contribution in [2.24, 2.45) is 16.7 Å². The number of aldehydes is 1. The number of carbonyl (C=O) groups is 1. The fourth-order valence-electron chi connectivity index (χ4n) is 5.86. The van der Waals surface area contributed by atoms with Crippen LogP contribution in [0.4, 0.5) is 0 Å². The molecule has 3 rings (SSSR count). The molecular weight excluding hydrogens is 308 g/mol. The summed E-state index contributed by atoms with van der Waals surface area (Å²) in [6, 6.07) is 0. The van der Waals surface area contributed by atoms with Gasteiger partial charge < -0.3 is 23.7 Å². The molecule has 0 N–H and O–H groups in total. The van der Waals surface area contributed by atoms with Crippen LogP contribution in [0.3, 0.4) is 0 Å². The first-order chi connectivity index (χ1) is 11.6. The topological polar surface area (TPSA) is 54.0 Å². The molecule has 1 spiro atoms. The summed E-state index contributed by atoms with van der Waals surface area (Å²) in [6.07, 6.45) is 9.25. The van der Waals surface area contributed by atoms with Crippen LogP contribution in [-0.4, -0.2) is 45.8 Å². The van der Waals surface area contributed by atoms with Gasteiger partial charge in [-0.2, -0.15) is 0 Å². The maximum absolute atomic E-state index is 11.0. The average Bonchev–Trinajstić information content (AvgIpc) is 3.05. The van der Waals surface area contributed by atoms with Gasteiger partial charge in [-0.3, -0.25) is 0 Å². The van der Waals surface area contributed by atoms with Crippen LogP contribution in [0, 0.1) is 16.7 Å². The minimum atomic E-state index is -0.507. The van der Waals surface area contributed by atoms with Crippen molar-refractivity contribution in [1.82, 2.24) is 0 Å². The number of fused-ring (bicyclic) bond motifs is 2. The lowest BCUT2D eigenvalue weighted by Crippen LogP contribution is -2.63. The van der Waals surface area contributed by atoms with Crippen LogP contribution >= 0.6 is 0 Å². The molecule has 0 aromatic carbocycles. The Morgan fingerprint density at radius 2 is 1.96 bits per heavy atom. The lowest BCUT2D eigenvalue weighted by atomic mass is 9.47. The zero-order chi connectivity index (χ0) is 17.1. The van der Waals surface area contributed by atoms with E-state index < -0.39 is 5.79 Å². The maximum atomic E-state index is 11.0. The Morgan fingerprint density at radius 3 is 2.67 bits per heavy atom. The predicted molar refractivity (Wildman–Crippen MR) is 89.5 cm³/mol. The Bertz CT molecular complexity index is 433. The smallest absolute Gasteiger partial charge is 0.176 e. The Morgan fingerprint density at radius 1 is 1.17 bits per heavy atom. The van der Waals surface area contributed by atoms with E-state index in [1.807, 2.05) is 0 Å². The Balaban J connectivity index is 1.93. The minimum absolute atomic E-state index is 0.129. The molecule has 138 valence electrons. The number of ether oxygens (including phenoxy) is 4.